The average molecular weight is 252 g/mol. The van der Waals surface area contributed by atoms with Gasteiger partial charge in [-0.3, -0.25) is 9.78 Å². The molecular formula is C13H20N2O3. The predicted octanol–water partition coefficient (Wildman–Crippen LogP) is 1.05. The number of pyridine rings is 1. The number of esters is 1. The van der Waals surface area contributed by atoms with Crippen LogP contribution in [-0.2, 0) is 9.53 Å². The highest BCUT2D eigenvalue weighted by Gasteiger charge is 2.13. The van der Waals surface area contributed by atoms with Gasteiger partial charge < -0.3 is 15.2 Å². The van der Waals surface area contributed by atoms with Gasteiger partial charge >= 0.3 is 5.97 Å². The number of ether oxygens (including phenoxy) is 1. The van der Waals surface area contributed by atoms with Gasteiger partial charge in [0.2, 0.25) is 0 Å². The number of aliphatic hydroxyl groups excluding tert-OH is 1. The minimum absolute atomic E-state index is 0.0145. The minimum atomic E-state index is -0.733. The third-order valence-electron chi connectivity index (χ3n) is 2.55. The zero-order valence-electron chi connectivity index (χ0n) is 10.8. The first kappa shape index (κ1) is 14.6. The Labute approximate surface area is 107 Å². The fourth-order valence-corrected chi connectivity index (χ4v) is 1.55. The zero-order chi connectivity index (χ0) is 13.4. The zero-order valence-corrected chi connectivity index (χ0v) is 10.8. The van der Waals surface area contributed by atoms with Crippen LogP contribution in [0.15, 0.2) is 24.5 Å². The van der Waals surface area contributed by atoms with E-state index < -0.39 is 6.10 Å². The van der Waals surface area contributed by atoms with Gasteiger partial charge in [-0.25, -0.2) is 0 Å². The Bertz CT molecular complexity index is 357. The molecule has 0 aliphatic rings. The van der Waals surface area contributed by atoms with Gasteiger partial charge in [0.25, 0.3) is 0 Å². The monoisotopic (exact) mass is 252 g/mol. The minimum Gasteiger partial charge on any atom is -0.466 e. The Morgan fingerprint density at radius 3 is 3.00 bits per heavy atom. The van der Waals surface area contributed by atoms with Crippen LogP contribution in [0.1, 0.15) is 31.9 Å². The van der Waals surface area contributed by atoms with Gasteiger partial charge in [-0.05, 0) is 25.5 Å². The second kappa shape index (κ2) is 7.79. The predicted molar refractivity (Wildman–Crippen MR) is 67.9 cm³/mol. The fraction of sp³-hybridized carbons (Fsp3) is 0.538. The summed E-state index contributed by atoms with van der Waals surface area (Å²) in [4.78, 5) is 15.2. The molecule has 0 saturated carbocycles. The van der Waals surface area contributed by atoms with E-state index in [2.05, 4.69) is 10.3 Å². The SMILES string of the molecule is CCOC(=O)CC(O)CN[C@@H](C)c1cccnc1. The van der Waals surface area contributed by atoms with Crippen LogP contribution < -0.4 is 5.32 Å². The largest absolute Gasteiger partial charge is 0.466 e. The number of aromatic nitrogens is 1. The van der Waals surface area contributed by atoms with Gasteiger partial charge in [0.05, 0.1) is 19.1 Å². The van der Waals surface area contributed by atoms with E-state index in [-0.39, 0.29) is 18.4 Å². The number of carbonyl (C=O) groups excluding carboxylic acids is 1. The van der Waals surface area contributed by atoms with Crippen molar-refractivity contribution in [2.45, 2.75) is 32.4 Å². The quantitative estimate of drug-likeness (QED) is 0.710. The molecule has 2 N–H and O–H groups in total. The highest BCUT2D eigenvalue weighted by atomic mass is 16.5. The molecule has 18 heavy (non-hydrogen) atoms. The van der Waals surface area contributed by atoms with Crippen LogP contribution >= 0.6 is 0 Å². The normalized spacial score (nSPS) is 13.9. The van der Waals surface area contributed by atoms with E-state index in [1.807, 2.05) is 19.1 Å². The van der Waals surface area contributed by atoms with Gasteiger partial charge in [-0.15, -0.1) is 0 Å². The van der Waals surface area contributed by atoms with E-state index >= 15 is 0 Å². The molecule has 0 fully saturated rings. The maximum atomic E-state index is 11.1. The van der Waals surface area contributed by atoms with Gasteiger partial charge in [-0.1, -0.05) is 6.07 Å². The standard InChI is InChI=1S/C13H20N2O3/c1-3-18-13(17)7-12(16)9-15-10(2)11-5-4-6-14-8-11/h4-6,8,10,12,15-16H,3,7,9H2,1-2H3/t10-,12?/m0/s1. The van der Waals surface area contributed by atoms with Crippen molar-refractivity contribution in [3.05, 3.63) is 30.1 Å². The van der Waals surface area contributed by atoms with E-state index in [4.69, 9.17) is 4.74 Å². The van der Waals surface area contributed by atoms with Crippen molar-refractivity contribution in [3.63, 3.8) is 0 Å². The number of hydrogen-bond acceptors (Lipinski definition) is 5. The molecule has 5 nitrogen and oxygen atoms in total. The van der Waals surface area contributed by atoms with Crippen molar-refractivity contribution in [2.24, 2.45) is 0 Å². The summed E-state index contributed by atoms with van der Waals surface area (Å²) >= 11 is 0. The number of aliphatic hydroxyl groups is 1. The number of carbonyl (C=O) groups is 1. The van der Waals surface area contributed by atoms with Crippen molar-refractivity contribution in [1.29, 1.82) is 0 Å². The molecule has 0 radical (unpaired) electrons. The Balaban J connectivity index is 2.30. The molecule has 1 unspecified atom stereocenters. The van der Waals surface area contributed by atoms with Crippen molar-refractivity contribution >= 4 is 5.97 Å². The second-order valence-corrected chi connectivity index (χ2v) is 4.08. The maximum absolute atomic E-state index is 11.1. The van der Waals surface area contributed by atoms with Crippen LogP contribution in [0.2, 0.25) is 0 Å². The molecule has 0 saturated heterocycles. The topological polar surface area (TPSA) is 71.5 Å². The molecule has 0 bridgehead atoms. The highest BCUT2D eigenvalue weighted by Crippen LogP contribution is 2.09. The summed E-state index contributed by atoms with van der Waals surface area (Å²) in [6.07, 6.45) is 2.77. The summed E-state index contributed by atoms with van der Waals surface area (Å²) in [7, 11) is 0. The van der Waals surface area contributed by atoms with Crippen LogP contribution in [0.5, 0.6) is 0 Å². The van der Waals surface area contributed by atoms with E-state index in [1.165, 1.54) is 0 Å². The summed E-state index contributed by atoms with van der Waals surface area (Å²) in [5.74, 6) is -0.374. The van der Waals surface area contributed by atoms with E-state index in [1.54, 1.807) is 19.3 Å². The molecule has 0 spiro atoms. The highest BCUT2D eigenvalue weighted by molar-refractivity contribution is 5.69. The molecule has 0 amide bonds. The molecule has 1 aromatic heterocycles. The fourth-order valence-electron chi connectivity index (χ4n) is 1.55. The lowest BCUT2D eigenvalue weighted by atomic mass is 10.1. The smallest absolute Gasteiger partial charge is 0.308 e. The molecule has 1 rings (SSSR count). The van der Waals surface area contributed by atoms with Crippen molar-refractivity contribution in [1.82, 2.24) is 10.3 Å². The van der Waals surface area contributed by atoms with Gasteiger partial charge in [-0.2, -0.15) is 0 Å². The Morgan fingerprint density at radius 2 is 2.39 bits per heavy atom. The van der Waals surface area contributed by atoms with Gasteiger partial charge in [0.1, 0.15) is 0 Å². The first-order chi connectivity index (χ1) is 8.63. The van der Waals surface area contributed by atoms with Crippen molar-refractivity contribution in [3.8, 4) is 0 Å². The van der Waals surface area contributed by atoms with E-state index in [0.717, 1.165) is 5.56 Å². The molecule has 1 heterocycles. The number of hydrogen-bond donors (Lipinski definition) is 2. The summed E-state index contributed by atoms with van der Waals surface area (Å²) in [5, 5.41) is 12.8. The molecule has 100 valence electrons. The van der Waals surface area contributed by atoms with E-state index in [0.29, 0.717) is 13.2 Å². The Hall–Kier alpha value is -1.46. The summed E-state index contributed by atoms with van der Waals surface area (Å²) < 4.78 is 4.77. The second-order valence-electron chi connectivity index (χ2n) is 4.08. The molecule has 0 aliphatic carbocycles. The third kappa shape index (κ3) is 5.25. The third-order valence-corrected chi connectivity index (χ3v) is 2.55. The molecule has 2 atom stereocenters. The Kier molecular flexibility index (Phi) is 6.32. The summed E-state index contributed by atoms with van der Waals surface area (Å²) in [6.45, 7) is 4.40. The molecule has 5 heteroatoms. The van der Waals surface area contributed by atoms with Crippen LogP contribution in [-0.4, -0.2) is 35.3 Å². The lowest BCUT2D eigenvalue weighted by Gasteiger charge is -2.16. The van der Waals surface area contributed by atoms with Gasteiger partial charge in [0, 0.05) is 25.0 Å². The van der Waals surface area contributed by atoms with Crippen molar-refractivity contribution in [2.75, 3.05) is 13.2 Å². The van der Waals surface area contributed by atoms with E-state index in [9.17, 15) is 9.90 Å². The van der Waals surface area contributed by atoms with Crippen LogP contribution in [0, 0.1) is 0 Å². The summed E-state index contributed by atoms with van der Waals surface area (Å²) in [5.41, 5.74) is 1.04. The first-order valence-electron chi connectivity index (χ1n) is 6.10. The Morgan fingerprint density at radius 1 is 1.61 bits per heavy atom. The van der Waals surface area contributed by atoms with Crippen molar-refractivity contribution < 1.29 is 14.6 Å². The molecule has 0 aromatic carbocycles. The summed E-state index contributed by atoms with van der Waals surface area (Å²) in [6, 6.07) is 3.90. The molecular weight excluding hydrogens is 232 g/mol. The van der Waals surface area contributed by atoms with Gasteiger partial charge in [0.15, 0.2) is 0 Å². The number of nitrogens with one attached hydrogen (secondary N) is 1. The number of nitrogens with zero attached hydrogens (tertiary/aromatic N) is 1. The first-order valence-corrected chi connectivity index (χ1v) is 6.10. The lowest BCUT2D eigenvalue weighted by Crippen LogP contribution is -2.31. The lowest BCUT2D eigenvalue weighted by molar-refractivity contribution is -0.145. The molecule has 0 aliphatic heterocycles. The average Bonchev–Trinajstić information content (AvgIpc) is 2.37. The van der Waals surface area contributed by atoms with Crippen LogP contribution in [0.25, 0.3) is 0 Å². The molecule has 1 aromatic rings. The van der Waals surface area contributed by atoms with Crippen LogP contribution in [0.3, 0.4) is 0 Å². The maximum Gasteiger partial charge on any atom is 0.308 e. The van der Waals surface area contributed by atoms with Crippen LogP contribution in [0.4, 0.5) is 0 Å². The number of rotatable bonds is 7.